The van der Waals surface area contributed by atoms with E-state index in [-0.39, 0.29) is 12.2 Å². The number of hydrogen-bond acceptors (Lipinski definition) is 4. The highest BCUT2D eigenvalue weighted by Gasteiger charge is 2.19. The molecule has 0 saturated heterocycles. The summed E-state index contributed by atoms with van der Waals surface area (Å²) in [5.41, 5.74) is 0. The van der Waals surface area contributed by atoms with E-state index in [1.807, 2.05) is 30.3 Å². The second-order valence-corrected chi connectivity index (χ2v) is 8.46. The summed E-state index contributed by atoms with van der Waals surface area (Å²) in [4.78, 5) is 15.1. The van der Waals surface area contributed by atoms with E-state index in [9.17, 15) is 4.79 Å². The molecule has 4 nitrogen and oxygen atoms in total. The number of ether oxygens (including phenoxy) is 2. The van der Waals surface area contributed by atoms with E-state index >= 15 is 0 Å². The zero-order valence-corrected chi connectivity index (χ0v) is 18.7. The third kappa shape index (κ3) is 6.23. The molecule has 0 aliphatic carbocycles. The molecule has 5 heteroatoms. The smallest absolute Gasteiger partial charge is 0.409 e. The number of carbonyl (C=O) groups is 1. The summed E-state index contributed by atoms with van der Waals surface area (Å²) in [6.45, 7) is 3.23. The van der Waals surface area contributed by atoms with Crippen molar-refractivity contribution in [3.63, 3.8) is 0 Å². The Bertz CT molecular complexity index is 904. The maximum absolute atomic E-state index is 12.3. The van der Waals surface area contributed by atoms with Crippen LogP contribution in [0.5, 0.6) is 5.75 Å². The van der Waals surface area contributed by atoms with Crippen LogP contribution < -0.4 is 4.74 Å². The van der Waals surface area contributed by atoms with Gasteiger partial charge in [-0.1, -0.05) is 68.7 Å². The van der Waals surface area contributed by atoms with E-state index in [1.54, 1.807) is 23.3 Å². The first-order chi connectivity index (χ1) is 14.7. The Morgan fingerprint density at radius 1 is 1.03 bits per heavy atom. The molecule has 0 aliphatic heterocycles. The van der Waals surface area contributed by atoms with E-state index in [0.29, 0.717) is 19.6 Å². The lowest BCUT2D eigenvalue weighted by molar-refractivity contribution is 0.102. The molecule has 160 valence electrons. The zero-order valence-electron chi connectivity index (χ0n) is 17.9. The molecule has 0 spiro atoms. The van der Waals surface area contributed by atoms with Crippen molar-refractivity contribution in [2.45, 2.75) is 45.1 Å². The summed E-state index contributed by atoms with van der Waals surface area (Å²) in [5, 5.41) is 4.31. The number of unbranched alkanes of at least 4 members (excludes halogenated alkanes) is 3. The Morgan fingerprint density at radius 3 is 2.67 bits per heavy atom. The molecule has 0 N–H and O–H groups in total. The molecule has 0 unspecified atom stereocenters. The van der Waals surface area contributed by atoms with Crippen LogP contribution in [0.15, 0.2) is 60.0 Å². The minimum Gasteiger partial charge on any atom is -0.484 e. The van der Waals surface area contributed by atoms with Gasteiger partial charge >= 0.3 is 6.09 Å². The van der Waals surface area contributed by atoms with Gasteiger partial charge in [0.05, 0.1) is 6.61 Å². The molecule has 1 aromatic heterocycles. The lowest BCUT2D eigenvalue weighted by Crippen LogP contribution is -2.30. The molecule has 0 aliphatic rings. The minimum atomic E-state index is -0.262. The lowest BCUT2D eigenvalue weighted by Gasteiger charge is -2.23. The minimum absolute atomic E-state index is 0.115. The largest absolute Gasteiger partial charge is 0.484 e. The maximum atomic E-state index is 12.3. The van der Waals surface area contributed by atoms with Crippen molar-refractivity contribution in [2.24, 2.45) is 0 Å². The molecule has 30 heavy (non-hydrogen) atoms. The van der Waals surface area contributed by atoms with Crippen LogP contribution in [0.4, 0.5) is 4.79 Å². The van der Waals surface area contributed by atoms with Gasteiger partial charge in [0.15, 0.2) is 0 Å². The fourth-order valence-corrected chi connectivity index (χ4v) is 4.18. The van der Waals surface area contributed by atoms with E-state index < -0.39 is 0 Å². The molecule has 3 aromatic rings. The second kappa shape index (κ2) is 11.6. The molecule has 1 amide bonds. The van der Waals surface area contributed by atoms with Crippen LogP contribution in [0.2, 0.25) is 0 Å². The number of rotatable bonds is 11. The summed E-state index contributed by atoms with van der Waals surface area (Å²) in [6.07, 6.45) is 4.71. The van der Waals surface area contributed by atoms with Gasteiger partial charge in [-0.2, -0.15) is 0 Å². The van der Waals surface area contributed by atoms with Gasteiger partial charge in [-0.15, -0.1) is 11.3 Å². The van der Waals surface area contributed by atoms with Crippen LogP contribution in [0, 0.1) is 0 Å². The predicted octanol–water partition coefficient (Wildman–Crippen LogP) is 7.06. The van der Waals surface area contributed by atoms with Gasteiger partial charge < -0.3 is 14.4 Å². The number of nitrogens with zero attached hydrogens (tertiary/aromatic N) is 1. The van der Waals surface area contributed by atoms with Crippen molar-refractivity contribution in [3.8, 4) is 5.75 Å². The summed E-state index contributed by atoms with van der Waals surface area (Å²) < 4.78 is 11.9. The average Bonchev–Trinajstić information content (AvgIpc) is 3.31. The molecule has 0 saturated carbocycles. The van der Waals surface area contributed by atoms with Crippen molar-refractivity contribution in [1.82, 2.24) is 4.90 Å². The lowest BCUT2D eigenvalue weighted by atomic mass is 10.1. The molecule has 0 radical (unpaired) electrons. The molecule has 3 rings (SSSR count). The Kier molecular flexibility index (Phi) is 8.57. The van der Waals surface area contributed by atoms with Crippen LogP contribution >= 0.6 is 11.3 Å². The number of benzene rings is 2. The quantitative estimate of drug-likeness (QED) is 0.309. The molecule has 1 heterocycles. The zero-order chi connectivity index (χ0) is 21.2. The van der Waals surface area contributed by atoms with Gasteiger partial charge in [0.1, 0.15) is 11.9 Å². The molecule has 2 aromatic carbocycles. The number of hydrogen-bond donors (Lipinski definition) is 0. The number of carbonyl (C=O) groups excluding carboxylic acids is 1. The van der Waals surface area contributed by atoms with Gasteiger partial charge in [-0.25, -0.2) is 4.79 Å². The first kappa shape index (κ1) is 22.2. The summed E-state index contributed by atoms with van der Waals surface area (Å²) >= 11 is 1.68. The molecule has 1 atom stereocenters. The third-order valence-corrected chi connectivity index (χ3v) is 6.11. The van der Waals surface area contributed by atoms with Crippen LogP contribution in [-0.4, -0.2) is 31.2 Å². The van der Waals surface area contributed by atoms with Crippen molar-refractivity contribution in [2.75, 3.05) is 20.2 Å². The van der Waals surface area contributed by atoms with E-state index in [1.165, 1.54) is 12.8 Å². The van der Waals surface area contributed by atoms with Gasteiger partial charge in [0.2, 0.25) is 0 Å². The van der Waals surface area contributed by atoms with Crippen molar-refractivity contribution < 1.29 is 14.3 Å². The molecular formula is C25H31NO3S. The van der Waals surface area contributed by atoms with Crippen molar-refractivity contribution in [3.05, 3.63) is 64.9 Å². The Morgan fingerprint density at radius 2 is 1.87 bits per heavy atom. The average molecular weight is 426 g/mol. The normalized spacial score (nSPS) is 11.9. The first-order valence-electron chi connectivity index (χ1n) is 10.7. The topological polar surface area (TPSA) is 38.8 Å². The monoisotopic (exact) mass is 425 g/mol. The van der Waals surface area contributed by atoms with Crippen LogP contribution in [-0.2, 0) is 4.74 Å². The van der Waals surface area contributed by atoms with Gasteiger partial charge in [-0.3, -0.25) is 0 Å². The fraction of sp³-hybridized carbons (Fsp3) is 0.400. The molecule has 0 bridgehead atoms. The predicted molar refractivity (Wildman–Crippen MR) is 124 cm³/mol. The van der Waals surface area contributed by atoms with Gasteiger partial charge in [0.25, 0.3) is 0 Å². The van der Waals surface area contributed by atoms with Crippen LogP contribution in [0.3, 0.4) is 0 Å². The number of amides is 1. The van der Waals surface area contributed by atoms with Gasteiger partial charge in [-0.05, 0) is 29.3 Å². The maximum Gasteiger partial charge on any atom is 0.409 e. The molecule has 0 fully saturated rings. The highest BCUT2D eigenvalue weighted by atomic mass is 32.1. The SMILES string of the molecule is CCCCCCOC(=O)N(C)CC[C@H](Oc1cccc2ccccc12)c1cccs1. The number of thiophene rings is 1. The Hall–Kier alpha value is -2.53. The van der Waals surface area contributed by atoms with E-state index in [4.69, 9.17) is 9.47 Å². The van der Waals surface area contributed by atoms with Gasteiger partial charge in [0, 0.05) is 30.3 Å². The highest BCUT2D eigenvalue weighted by molar-refractivity contribution is 7.10. The highest BCUT2D eigenvalue weighted by Crippen LogP contribution is 2.32. The first-order valence-corrected chi connectivity index (χ1v) is 11.6. The van der Waals surface area contributed by atoms with E-state index in [0.717, 1.165) is 34.2 Å². The summed E-state index contributed by atoms with van der Waals surface area (Å²) in [5.74, 6) is 0.868. The standard InChI is InChI=1S/C25H31NO3S/c1-3-4-5-8-18-28-25(27)26(2)17-16-23(24-15-10-19-30-24)29-22-14-9-12-20-11-6-7-13-21(20)22/h6-7,9-15,19,23H,3-5,8,16-18H2,1-2H3/t23-/m0/s1. The summed E-state index contributed by atoms with van der Waals surface area (Å²) in [7, 11) is 1.79. The molecular weight excluding hydrogens is 394 g/mol. The summed E-state index contributed by atoms with van der Waals surface area (Å²) in [6, 6.07) is 18.5. The van der Waals surface area contributed by atoms with Crippen LogP contribution in [0.1, 0.15) is 50.0 Å². The Labute approximate surface area is 183 Å². The van der Waals surface area contributed by atoms with E-state index in [2.05, 4.69) is 36.6 Å². The second-order valence-electron chi connectivity index (χ2n) is 7.48. The van der Waals surface area contributed by atoms with Crippen LogP contribution in [0.25, 0.3) is 10.8 Å². The number of fused-ring (bicyclic) bond motifs is 1. The Balaban J connectivity index is 1.60. The van der Waals surface area contributed by atoms with Crippen molar-refractivity contribution in [1.29, 1.82) is 0 Å². The third-order valence-electron chi connectivity index (χ3n) is 5.14. The fourth-order valence-electron chi connectivity index (χ4n) is 3.39. The van der Waals surface area contributed by atoms with Crippen molar-refractivity contribution >= 4 is 28.2 Å².